The van der Waals surface area contributed by atoms with Gasteiger partial charge in [-0.1, -0.05) is 7.77 Å². The molecule has 0 aromatic rings. The molecule has 10 heavy (non-hydrogen) atoms. The van der Waals surface area contributed by atoms with Crippen molar-refractivity contribution in [3.63, 3.8) is 0 Å². The molecule has 0 aromatic carbocycles. The molecule has 55 valence electrons. The standard InChI is InChI=1S/F2NO4S2.Li/c1-8(4,5)3-9(2,6)7;/q;+1. The molecule has 0 bridgehead atoms. The predicted molar refractivity (Wildman–Crippen MR) is 22.2 cm³/mol. The molecule has 1 radical (unpaired) electrons. The minimum Gasteiger partial charge on any atom is -0.174 e. The summed E-state index contributed by atoms with van der Waals surface area (Å²) in [5.41, 5.74) is 0. The molecule has 0 unspecified atom stereocenters. The maximum Gasteiger partial charge on any atom is 1.00 e. The van der Waals surface area contributed by atoms with E-state index >= 15 is 0 Å². The fourth-order valence-electron chi connectivity index (χ4n) is 0.106. The van der Waals surface area contributed by atoms with Crippen LogP contribution >= 0.6 is 0 Å². The van der Waals surface area contributed by atoms with Crippen molar-refractivity contribution in [2.75, 3.05) is 0 Å². The van der Waals surface area contributed by atoms with Crippen LogP contribution in [-0.2, 0) is 20.8 Å². The van der Waals surface area contributed by atoms with Gasteiger partial charge in [-0.15, -0.1) is 0 Å². The molecule has 0 saturated heterocycles. The number of hydrogen-bond donors (Lipinski definition) is 0. The quantitative estimate of drug-likeness (QED) is 0.326. The molecule has 0 N–H and O–H groups in total. The van der Waals surface area contributed by atoms with Crippen LogP contribution in [0, 0.1) is 0 Å². The van der Waals surface area contributed by atoms with E-state index in [9.17, 15) is 24.6 Å². The second kappa shape index (κ2) is 3.63. The van der Waals surface area contributed by atoms with Crippen LogP contribution in [0.5, 0.6) is 0 Å². The minimum atomic E-state index is -5.62. The summed E-state index contributed by atoms with van der Waals surface area (Å²) in [5, 5.41) is 0. The van der Waals surface area contributed by atoms with Crippen LogP contribution in [0.2, 0.25) is 0 Å². The van der Waals surface area contributed by atoms with Crippen LogP contribution in [-0.4, -0.2) is 16.8 Å². The molecule has 0 aromatic heterocycles. The van der Waals surface area contributed by atoms with Crippen LogP contribution < -0.4 is 23.0 Å². The van der Waals surface area contributed by atoms with Crippen molar-refractivity contribution in [1.29, 1.82) is 0 Å². The van der Waals surface area contributed by atoms with Gasteiger partial charge in [0, 0.05) is 0 Å². The van der Waals surface area contributed by atoms with Crippen LogP contribution in [0.1, 0.15) is 0 Å². The minimum absolute atomic E-state index is 0. The maximum absolute atomic E-state index is 11.1. The van der Waals surface area contributed by atoms with Gasteiger partial charge in [0.15, 0.2) is 0 Å². The van der Waals surface area contributed by atoms with Gasteiger partial charge in [-0.2, -0.15) is 16.8 Å². The van der Waals surface area contributed by atoms with Crippen molar-refractivity contribution in [2.45, 2.75) is 0 Å². The Kier molecular flexibility index (Phi) is 4.71. The molecular formula is F2LiNO4S2+. The van der Waals surface area contributed by atoms with Crippen molar-refractivity contribution >= 4 is 20.8 Å². The second-order valence-corrected chi connectivity index (χ2v) is 3.14. The van der Waals surface area contributed by atoms with Gasteiger partial charge in [-0.25, -0.2) is 0 Å². The number of hydrogen-bond acceptors (Lipinski definition) is 4. The zero-order chi connectivity index (χ0) is 7.71. The van der Waals surface area contributed by atoms with E-state index in [1.807, 2.05) is 0 Å². The Morgan fingerprint density at radius 1 is 0.900 bits per heavy atom. The fourth-order valence-corrected chi connectivity index (χ4v) is 0.957. The number of rotatable bonds is 2. The molecule has 10 heteroatoms. The van der Waals surface area contributed by atoms with Crippen molar-refractivity contribution in [1.82, 2.24) is 4.13 Å². The summed E-state index contributed by atoms with van der Waals surface area (Å²) >= 11 is 0. The van der Waals surface area contributed by atoms with Gasteiger partial charge in [0.05, 0.1) is 4.13 Å². The third-order valence-corrected chi connectivity index (χ3v) is 1.60. The Labute approximate surface area is 68.7 Å². The predicted octanol–water partition coefficient (Wildman–Crippen LogP) is -3.98. The average molecular weight is 187 g/mol. The average Bonchev–Trinajstić information content (AvgIpc) is 1.14. The number of halogens is 2. The van der Waals surface area contributed by atoms with Crippen LogP contribution in [0.25, 0.3) is 0 Å². The molecule has 0 amide bonds. The van der Waals surface area contributed by atoms with E-state index in [2.05, 4.69) is 0 Å². The van der Waals surface area contributed by atoms with Gasteiger partial charge in [-0.3, -0.25) is 0 Å². The molecule has 0 spiro atoms. The zero-order valence-corrected chi connectivity index (χ0v) is 6.29. The molecular weight excluding hydrogens is 187 g/mol. The van der Waals surface area contributed by atoms with E-state index in [4.69, 9.17) is 0 Å². The SMILES string of the molecule is O=S(=O)(F)[N]S(=O)(=O)F.[Li+]. The molecule has 0 aliphatic rings. The summed E-state index contributed by atoms with van der Waals surface area (Å²) in [6, 6.07) is 0. The molecule has 5 nitrogen and oxygen atoms in total. The third kappa shape index (κ3) is 11.2. The van der Waals surface area contributed by atoms with Gasteiger partial charge in [-0.05, 0) is 0 Å². The van der Waals surface area contributed by atoms with E-state index in [1.165, 1.54) is 0 Å². The molecule has 0 heterocycles. The molecule has 0 saturated carbocycles. The Hall–Kier alpha value is 0.317. The first kappa shape index (κ1) is 12.9. The molecule has 0 atom stereocenters. The van der Waals surface area contributed by atoms with Gasteiger partial charge < -0.3 is 0 Å². The Balaban J connectivity index is 0. The number of nitrogens with zero attached hydrogens (tertiary/aromatic N) is 1. The smallest absolute Gasteiger partial charge is 0.174 e. The van der Waals surface area contributed by atoms with Gasteiger partial charge in [0.2, 0.25) is 0 Å². The first-order valence-corrected chi connectivity index (χ1v) is 4.02. The van der Waals surface area contributed by atoms with Crippen molar-refractivity contribution in [3.05, 3.63) is 0 Å². The Morgan fingerprint density at radius 3 is 1.10 bits per heavy atom. The summed E-state index contributed by atoms with van der Waals surface area (Å²) in [6.07, 6.45) is 0. The molecule has 0 rings (SSSR count). The van der Waals surface area contributed by atoms with Crippen molar-refractivity contribution < 1.29 is 43.5 Å². The topological polar surface area (TPSA) is 82.4 Å². The second-order valence-electron chi connectivity index (χ2n) is 0.899. The van der Waals surface area contributed by atoms with Crippen molar-refractivity contribution in [3.8, 4) is 0 Å². The Bertz CT molecular complexity index is 246. The van der Waals surface area contributed by atoms with E-state index < -0.39 is 20.8 Å². The third-order valence-electron chi connectivity index (χ3n) is 0.178. The molecule has 0 aliphatic heterocycles. The molecule has 0 fully saturated rings. The van der Waals surface area contributed by atoms with Gasteiger partial charge >= 0.3 is 39.7 Å². The van der Waals surface area contributed by atoms with Crippen LogP contribution in [0.4, 0.5) is 7.77 Å². The van der Waals surface area contributed by atoms with Gasteiger partial charge in [0.1, 0.15) is 0 Å². The van der Waals surface area contributed by atoms with E-state index in [0.29, 0.717) is 0 Å². The van der Waals surface area contributed by atoms with Crippen molar-refractivity contribution in [2.24, 2.45) is 0 Å². The normalized spacial score (nSPS) is 12.2. The first-order chi connectivity index (χ1) is 3.71. The van der Waals surface area contributed by atoms with E-state index in [1.54, 1.807) is 0 Å². The van der Waals surface area contributed by atoms with Gasteiger partial charge in [0.25, 0.3) is 0 Å². The van der Waals surface area contributed by atoms with Crippen LogP contribution in [0.15, 0.2) is 0 Å². The summed E-state index contributed by atoms with van der Waals surface area (Å²) in [7, 11) is -11.2. The Morgan fingerprint density at radius 2 is 1.10 bits per heavy atom. The largest absolute Gasteiger partial charge is 1.00 e. The van der Waals surface area contributed by atoms with Crippen LogP contribution in [0.3, 0.4) is 0 Å². The molecule has 0 aliphatic carbocycles. The monoisotopic (exact) mass is 187 g/mol. The summed E-state index contributed by atoms with van der Waals surface area (Å²) in [4.78, 5) is 0. The maximum atomic E-state index is 11.1. The summed E-state index contributed by atoms with van der Waals surface area (Å²) in [6.45, 7) is 0. The summed E-state index contributed by atoms with van der Waals surface area (Å²) < 4.78 is 60.1. The fraction of sp³-hybridized carbons (Fsp3) is 0. The first-order valence-electron chi connectivity index (χ1n) is 1.34. The summed E-state index contributed by atoms with van der Waals surface area (Å²) in [5.74, 6) is 0. The van der Waals surface area contributed by atoms with E-state index in [0.717, 1.165) is 4.13 Å². The van der Waals surface area contributed by atoms with E-state index in [-0.39, 0.29) is 18.9 Å². The zero-order valence-electron chi connectivity index (χ0n) is 4.65.